The van der Waals surface area contributed by atoms with Crippen LogP contribution in [0.25, 0.3) is 0 Å². The van der Waals surface area contributed by atoms with E-state index in [-0.39, 0.29) is 11.6 Å². The second-order valence-corrected chi connectivity index (χ2v) is 6.53. The highest BCUT2D eigenvalue weighted by Crippen LogP contribution is 2.32. The number of ether oxygens (including phenoxy) is 2. The van der Waals surface area contributed by atoms with Crippen molar-refractivity contribution >= 4 is 5.97 Å². The van der Waals surface area contributed by atoms with Crippen molar-refractivity contribution in [1.82, 2.24) is 0 Å². The first-order valence-corrected chi connectivity index (χ1v) is 5.68. The lowest BCUT2D eigenvalue weighted by Crippen LogP contribution is -2.39. The summed E-state index contributed by atoms with van der Waals surface area (Å²) in [7, 11) is 1.66. The Hall–Kier alpha value is -0.570. The predicted octanol–water partition coefficient (Wildman–Crippen LogP) is 3.17. The largest absolute Gasteiger partial charge is 0.460 e. The zero-order valence-electron chi connectivity index (χ0n) is 11.9. The van der Waals surface area contributed by atoms with Crippen LogP contribution in [-0.4, -0.2) is 24.3 Å². The Morgan fingerprint density at radius 1 is 1.00 bits per heavy atom. The molecule has 3 heteroatoms. The van der Waals surface area contributed by atoms with Crippen molar-refractivity contribution in [1.29, 1.82) is 0 Å². The lowest BCUT2D eigenvalue weighted by atomic mass is 9.81. The molecule has 0 heterocycles. The van der Waals surface area contributed by atoms with Crippen LogP contribution in [0.3, 0.4) is 0 Å². The molecule has 0 radical (unpaired) electrons. The normalized spacial score (nSPS) is 13.8. The average molecular weight is 230 g/mol. The number of carbonyl (C=O) groups excluding carboxylic acids is 1. The van der Waals surface area contributed by atoms with Gasteiger partial charge in [0.15, 0.2) is 0 Å². The quantitative estimate of drug-likeness (QED) is 0.696. The van der Waals surface area contributed by atoms with Crippen LogP contribution < -0.4 is 0 Å². The number of hydrogen-bond acceptors (Lipinski definition) is 3. The third-order valence-electron chi connectivity index (χ3n) is 2.37. The highest BCUT2D eigenvalue weighted by Gasteiger charge is 2.37. The maximum absolute atomic E-state index is 12.0. The summed E-state index contributed by atoms with van der Waals surface area (Å²) in [5.74, 6) is -0.176. The molecule has 0 amide bonds. The van der Waals surface area contributed by atoms with Crippen molar-refractivity contribution in [2.45, 2.75) is 66.1 Å². The minimum absolute atomic E-state index is 0.176. The molecule has 0 aromatic carbocycles. The maximum Gasteiger partial charge on any atom is 0.312 e. The highest BCUT2D eigenvalue weighted by molar-refractivity contribution is 5.76. The van der Waals surface area contributed by atoms with Crippen LogP contribution >= 0.6 is 0 Å². The summed E-state index contributed by atoms with van der Waals surface area (Å²) in [6.07, 6.45) is 0.630. The third-order valence-corrected chi connectivity index (χ3v) is 2.37. The second kappa shape index (κ2) is 4.74. The summed E-state index contributed by atoms with van der Waals surface area (Å²) in [6.45, 7) is 13.4. The van der Waals surface area contributed by atoms with Crippen molar-refractivity contribution in [3.63, 3.8) is 0 Å². The van der Waals surface area contributed by atoms with Gasteiger partial charge in [0, 0.05) is 7.11 Å². The third kappa shape index (κ3) is 5.50. The molecule has 0 spiro atoms. The van der Waals surface area contributed by atoms with Crippen molar-refractivity contribution in [2.24, 2.45) is 5.41 Å². The van der Waals surface area contributed by atoms with Crippen molar-refractivity contribution in [3.8, 4) is 0 Å². The van der Waals surface area contributed by atoms with Crippen LogP contribution in [-0.2, 0) is 14.3 Å². The number of rotatable bonds is 4. The van der Waals surface area contributed by atoms with E-state index in [0.29, 0.717) is 6.42 Å². The number of carbonyl (C=O) groups is 1. The molecular formula is C13H26O3. The van der Waals surface area contributed by atoms with Crippen LogP contribution in [0.1, 0.15) is 54.9 Å². The van der Waals surface area contributed by atoms with Gasteiger partial charge in [0.05, 0.1) is 11.0 Å². The van der Waals surface area contributed by atoms with Crippen LogP contribution in [0, 0.1) is 5.41 Å². The average Bonchev–Trinajstić information content (AvgIpc) is 1.99. The molecule has 0 aromatic heterocycles. The van der Waals surface area contributed by atoms with Gasteiger partial charge in [-0.25, -0.2) is 0 Å². The zero-order valence-corrected chi connectivity index (χ0v) is 11.9. The van der Waals surface area contributed by atoms with Crippen LogP contribution in [0.2, 0.25) is 0 Å². The van der Waals surface area contributed by atoms with E-state index in [1.54, 1.807) is 7.11 Å². The zero-order chi connectivity index (χ0) is 13.2. The Balaban J connectivity index is 4.61. The van der Waals surface area contributed by atoms with Gasteiger partial charge < -0.3 is 9.47 Å². The van der Waals surface area contributed by atoms with Crippen molar-refractivity contribution in [2.75, 3.05) is 7.11 Å². The minimum atomic E-state index is -0.535. The first-order chi connectivity index (χ1) is 6.90. The van der Waals surface area contributed by atoms with E-state index in [1.807, 2.05) is 48.5 Å². The summed E-state index contributed by atoms with van der Waals surface area (Å²) in [5.41, 5.74) is -1.29. The maximum atomic E-state index is 12.0. The minimum Gasteiger partial charge on any atom is -0.460 e. The van der Waals surface area contributed by atoms with E-state index in [2.05, 4.69) is 0 Å². The molecule has 0 aliphatic heterocycles. The molecule has 0 saturated carbocycles. The Kier molecular flexibility index (Phi) is 4.57. The molecule has 0 N–H and O–H groups in total. The smallest absolute Gasteiger partial charge is 0.312 e. The predicted molar refractivity (Wildman–Crippen MR) is 65.3 cm³/mol. The van der Waals surface area contributed by atoms with Gasteiger partial charge in [-0.3, -0.25) is 4.79 Å². The van der Waals surface area contributed by atoms with Gasteiger partial charge in [-0.1, -0.05) is 0 Å². The van der Waals surface area contributed by atoms with Crippen LogP contribution in [0.15, 0.2) is 0 Å². The molecule has 0 atom stereocenters. The molecule has 0 aliphatic rings. The lowest BCUT2D eigenvalue weighted by molar-refractivity contribution is -0.169. The molecule has 0 rings (SSSR count). The molecule has 0 aliphatic carbocycles. The first-order valence-electron chi connectivity index (χ1n) is 5.68. The van der Waals surface area contributed by atoms with Gasteiger partial charge in [0.1, 0.15) is 5.60 Å². The van der Waals surface area contributed by atoms with Gasteiger partial charge >= 0.3 is 5.97 Å². The van der Waals surface area contributed by atoms with Gasteiger partial charge in [-0.2, -0.15) is 0 Å². The fraction of sp³-hybridized carbons (Fsp3) is 0.923. The Bertz CT molecular complexity index is 246. The monoisotopic (exact) mass is 230 g/mol. The van der Waals surface area contributed by atoms with Crippen LogP contribution in [0.5, 0.6) is 0 Å². The fourth-order valence-electron chi connectivity index (χ4n) is 1.62. The van der Waals surface area contributed by atoms with E-state index < -0.39 is 11.0 Å². The standard InChI is InChI=1S/C13H26O3/c1-11(2,3)16-10(14)12(4,5)9-13(6,7)15-8/h9H2,1-8H3. The second-order valence-electron chi connectivity index (χ2n) is 6.53. The van der Waals surface area contributed by atoms with Gasteiger partial charge in [0.25, 0.3) is 0 Å². The van der Waals surface area contributed by atoms with Gasteiger partial charge in [0.2, 0.25) is 0 Å². The number of esters is 1. The fourth-order valence-corrected chi connectivity index (χ4v) is 1.62. The van der Waals surface area contributed by atoms with Crippen molar-refractivity contribution in [3.05, 3.63) is 0 Å². The van der Waals surface area contributed by atoms with E-state index in [0.717, 1.165) is 0 Å². The summed E-state index contributed by atoms with van der Waals surface area (Å²) in [5, 5.41) is 0. The number of methoxy groups -OCH3 is 1. The SMILES string of the molecule is COC(C)(C)CC(C)(C)C(=O)OC(C)(C)C. The van der Waals surface area contributed by atoms with E-state index in [4.69, 9.17) is 9.47 Å². The summed E-state index contributed by atoms with van der Waals surface area (Å²) in [4.78, 5) is 12.0. The highest BCUT2D eigenvalue weighted by atomic mass is 16.6. The molecule has 0 bridgehead atoms. The van der Waals surface area contributed by atoms with E-state index >= 15 is 0 Å². The van der Waals surface area contributed by atoms with Crippen molar-refractivity contribution < 1.29 is 14.3 Å². The summed E-state index contributed by atoms with van der Waals surface area (Å²) in [6, 6.07) is 0. The molecular weight excluding hydrogens is 204 g/mol. The molecule has 3 nitrogen and oxygen atoms in total. The Morgan fingerprint density at radius 2 is 1.44 bits per heavy atom. The molecule has 16 heavy (non-hydrogen) atoms. The topological polar surface area (TPSA) is 35.5 Å². The van der Waals surface area contributed by atoms with E-state index in [1.165, 1.54) is 0 Å². The number of hydrogen-bond donors (Lipinski definition) is 0. The molecule has 0 aromatic rings. The van der Waals surface area contributed by atoms with E-state index in [9.17, 15) is 4.79 Å². The lowest BCUT2D eigenvalue weighted by Gasteiger charge is -2.34. The molecule has 0 fully saturated rings. The molecule has 0 saturated heterocycles. The molecule has 0 unspecified atom stereocenters. The summed E-state index contributed by atoms with van der Waals surface area (Å²) < 4.78 is 10.7. The Labute approximate surface area is 99.5 Å². The van der Waals surface area contributed by atoms with Gasteiger partial charge in [-0.05, 0) is 54.9 Å². The van der Waals surface area contributed by atoms with Gasteiger partial charge in [-0.15, -0.1) is 0 Å². The van der Waals surface area contributed by atoms with Crippen LogP contribution in [0.4, 0.5) is 0 Å². The summed E-state index contributed by atoms with van der Waals surface area (Å²) >= 11 is 0. The molecule has 96 valence electrons. The Morgan fingerprint density at radius 3 is 1.75 bits per heavy atom. The first kappa shape index (κ1) is 15.4.